The van der Waals surface area contributed by atoms with Crippen LogP contribution in [0.3, 0.4) is 0 Å². The van der Waals surface area contributed by atoms with Gasteiger partial charge in [0, 0.05) is 43.8 Å². The number of benzene rings is 1. The molecule has 2 fully saturated rings. The lowest BCUT2D eigenvalue weighted by molar-refractivity contribution is -0.136. The number of hydrogen-bond acceptors (Lipinski definition) is 3. The molecule has 0 spiro atoms. The van der Waals surface area contributed by atoms with Crippen LogP contribution in [-0.4, -0.2) is 54.5 Å². The second kappa shape index (κ2) is 7.65. The van der Waals surface area contributed by atoms with Crippen molar-refractivity contribution >= 4 is 17.5 Å². The number of likely N-dealkylation sites (tertiary alicyclic amines) is 1. The van der Waals surface area contributed by atoms with Crippen LogP contribution >= 0.6 is 11.6 Å². The van der Waals surface area contributed by atoms with E-state index in [0.29, 0.717) is 11.1 Å². The average molecular weight is 336 g/mol. The van der Waals surface area contributed by atoms with E-state index in [4.69, 9.17) is 11.6 Å². The second-order valence-electron chi connectivity index (χ2n) is 6.54. The molecule has 4 nitrogen and oxygen atoms in total. The van der Waals surface area contributed by atoms with E-state index in [1.165, 1.54) is 0 Å². The smallest absolute Gasteiger partial charge is 0.244 e. The lowest BCUT2D eigenvalue weighted by atomic mass is 10.0. The Balaban J connectivity index is 1.87. The molecule has 2 heterocycles. The molecule has 2 saturated heterocycles. The molecule has 1 N–H and O–H groups in total. The largest absolute Gasteiger partial charge is 0.341 e. The molecule has 2 unspecified atom stereocenters. The molecule has 2 aliphatic heterocycles. The Morgan fingerprint density at radius 3 is 2.83 bits per heavy atom. The third-order valence-corrected chi connectivity index (χ3v) is 5.20. The molecule has 0 radical (unpaired) electrons. The van der Waals surface area contributed by atoms with Crippen LogP contribution in [0.4, 0.5) is 0 Å². The molecule has 1 aromatic rings. The minimum atomic E-state index is -0.206. The summed E-state index contributed by atoms with van der Waals surface area (Å²) in [6.45, 7) is 6.71. The SMILES string of the molecule is CCC1CN(C(C(=O)N2CCCC2)c2cccc(Cl)c2)CCN1. The van der Waals surface area contributed by atoms with E-state index >= 15 is 0 Å². The molecule has 0 aliphatic carbocycles. The number of rotatable bonds is 4. The lowest BCUT2D eigenvalue weighted by Gasteiger charge is -2.39. The molecule has 0 bridgehead atoms. The van der Waals surface area contributed by atoms with Gasteiger partial charge in [0.25, 0.3) is 0 Å². The molecule has 0 saturated carbocycles. The second-order valence-corrected chi connectivity index (χ2v) is 6.98. The average Bonchev–Trinajstić information content (AvgIpc) is 3.10. The zero-order valence-corrected chi connectivity index (χ0v) is 14.6. The van der Waals surface area contributed by atoms with E-state index in [9.17, 15) is 4.79 Å². The molecular formula is C18H26ClN3O. The summed E-state index contributed by atoms with van der Waals surface area (Å²) in [4.78, 5) is 17.5. The van der Waals surface area contributed by atoms with Crippen molar-refractivity contribution in [3.05, 3.63) is 34.9 Å². The van der Waals surface area contributed by atoms with Gasteiger partial charge in [-0.3, -0.25) is 9.69 Å². The summed E-state index contributed by atoms with van der Waals surface area (Å²) < 4.78 is 0. The van der Waals surface area contributed by atoms with Crippen molar-refractivity contribution in [1.82, 2.24) is 15.1 Å². The summed E-state index contributed by atoms with van der Waals surface area (Å²) in [5.74, 6) is 0.238. The molecule has 126 valence electrons. The van der Waals surface area contributed by atoms with Crippen molar-refractivity contribution in [2.24, 2.45) is 0 Å². The Labute approximate surface area is 143 Å². The van der Waals surface area contributed by atoms with E-state index in [-0.39, 0.29) is 11.9 Å². The number of carbonyl (C=O) groups excluding carboxylic acids is 1. The fourth-order valence-corrected chi connectivity index (χ4v) is 3.85. The van der Waals surface area contributed by atoms with Gasteiger partial charge in [-0.1, -0.05) is 30.7 Å². The molecule has 1 aromatic carbocycles. The van der Waals surface area contributed by atoms with Crippen molar-refractivity contribution in [3.8, 4) is 0 Å². The molecule has 0 aromatic heterocycles. The highest BCUT2D eigenvalue weighted by Gasteiger charge is 2.34. The summed E-state index contributed by atoms with van der Waals surface area (Å²) in [6, 6.07) is 8.05. The molecule has 2 aliphatic rings. The summed E-state index contributed by atoms with van der Waals surface area (Å²) in [5, 5.41) is 4.23. The van der Waals surface area contributed by atoms with Crippen LogP contribution in [0, 0.1) is 0 Å². The van der Waals surface area contributed by atoms with Gasteiger partial charge in [0.15, 0.2) is 0 Å². The normalized spacial score (nSPS) is 23.9. The number of nitrogens with one attached hydrogen (secondary N) is 1. The maximum absolute atomic E-state index is 13.2. The van der Waals surface area contributed by atoms with E-state index < -0.39 is 0 Å². The monoisotopic (exact) mass is 335 g/mol. The maximum atomic E-state index is 13.2. The van der Waals surface area contributed by atoms with Crippen LogP contribution in [0.15, 0.2) is 24.3 Å². The summed E-state index contributed by atoms with van der Waals surface area (Å²) in [6.07, 6.45) is 3.32. The van der Waals surface area contributed by atoms with E-state index in [1.807, 2.05) is 29.2 Å². The van der Waals surface area contributed by atoms with Crippen molar-refractivity contribution in [2.45, 2.75) is 38.3 Å². The first-order valence-corrected chi connectivity index (χ1v) is 9.08. The van der Waals surface area contributed by atoms with Crippen molar-refractivity contribution < 1.29 is 4.79 Å². The molecule has 5 heteroatoms. The fraction of sp³-hybridized carbons (Fsp3) is 0.611. The lowest BCUT2D eigenvalue weighted by Crippen LogP contribution is -2.54. The minimum absolute atomic E-state index is 0.206. The van der Waals surface area contributed by atoms with Crippen LogP contribution < -0.4 is 5.32 Å². The zero-order valence-electron chi connectivity index (χ0n) is 13.8. The molecule has 2 atom stereocenters. The van der Waals surface area contributed by atoms with Crippen LogP contribution in [0.25, 0.3) is 0 Å². The summed E-state index contributed by atoms with van der Waals surface area (Å²) in [5.41, 5.74) is 1.02. The van der Waals surface area contributed by atoms with Crippen LogP contribution in [0.1, 0.15) is 37.8 Å². The third kappa shape index (κ3) is 3.87. The Morgan fingerprint density at radius 1 is 1.35 bits per heavy atom. The molecule has 3 rings (SSSR count). The van der Waals surface area contributed by atoms with Crippen LogP contribution in [-0.2, 0) is 4.79 Å². The maximum Gasteiger partial charge on any atom is 0.244 e. The quantitative estimate of drug-likeness (QED) is 0.919. The van der Waals surface area contributed by atoms with E-state index in [0.717, 1.165) is 57.5 Å². The number of hydrogen-bond donors (Lipinski definition) is 1. The van der Waals surface area contributed by atoms with Crippen molar-refractivity contribution in [2.75, 3.05) is 32.7 Å². The standard InChI is InChI=1S/C18H26ClN3O/c1-2-16-13-22(11-8-20-16)17(14-6-5-7-15(19)12-14)18(23)21-9-3-4-10-21/h5-7,12,16-17,20H,2-4,8-11,13H2,1H3. The Kier molecular flexibility index (Phi) is 5.57. The van der Waals surface area contributed by atoms with Gasteiger partial charge < -0.3 is 10.2 Å². The van der Waals surface area contributed by atoms with Crippen LogP contribution in [0.2, 0.25) is 5.02 Å². The third-order valence-electron chi connectivity index (χ3n) is 4.96. The first-order chi connectivity index (χ1) is 11.2. The zero-order chi connectivity index (χ0) is 16.2. The topological polar surface area (TPSA) is 35.6 Å². The Hall–Kier alpha value is -1.10. The van der Waals surface area contributed by atoms with Gasteiger partial charge >= 0.3 is 0 Å². The first kappa shape index (κ1) is 16.7. The number of nitrogens with zero attached hydrogens (tertiary/aromatic N) is 2. The van der Waals surface area contributed by atoms with Gasteiger partial charge in [-0.15, -0.1) is 0 Å². The number of amides is 1. The van der Waals surface area contributed by atoms with Gasteiger partial charge in [0.2, 0.25) is 5.91 Å². The molecular weight excluding hydrogens is 310 g/mol. The first-order valence-electron chi connectivity index (χ1n) is 8.70. The minimum Gasteiger partial charge on any atom is -0.341 e. The summed E-state index contributed by atoms with van der Waals surface area (Å²) >= 11 is 6.19. The highest BCUT2D eigenvalue weighted by atomic mass is 35.5. The number of carbonyl (C=O) groups is 1. The van der Waals surface area contributed by atoms with Gasteiger partial charge in [-0.05, 0) is 37.0 Å². The van der Waals surface area contributed by atoms with Gasteiger partial charge in [-0.2, -0.15) is 0 Å². The predicted octanol–water partition coefficient (Wildman–Crippen LogP) is 2.69. The van der Waals surface area contributed by atoms with Crippen LogP contribution in [0.5, 0.6) is 0 Å². The Morgan fingerprint density at radius 2 is 2.13 bits per heavy atom. The van der Waals surface area contributed by atoms with Gasteiger partial charge in [0.1, 0.15) is 6.04 Å². The van der Waals surface area contributed by atoms with Crippen molar-refractivity contribution in [1.29, 1.82) is 0 Å². The van der Waals surface area contributed by atoms with Gasteiger partial charge in [0.05, 0.1) is 0 Å². The molecule has 23 heavy (non-hydrogen) atoms. The van der Waals surface area contributed by atoms with Gasteiger partial charge in [-0.25, -0.2) is 0 Å². The van der Waals surface area contributed by atoms with E-state index in [1.54, 1.807) is 0 Å². The summed E-state index contributed by atoms with van der Waals surface area (Å²) in [7, 11) is 0. The number of piperazine rings is 1. The number of halogens is 1. The molecule has 1 amide bonds. The fourth-order valence-electron chi connectivity index (χ4n) is 3.66. The Bertz CT molecular complexity index is 545. The van der Waals surface area contributed by atoms with Crippen molar-refractivity contribution in [3.63, 3.8) is 0 Å². The predicted molar refractivity (Wildman–Crippen MR) is 93.7 cm³/mol. The highest BCUT2D eigenvalue weighted by molar-refractivity contribution is 6.30. The van der Waals surface area contributed by atoms with E-state index in [2.05, 4.69) is 17.1 Å². The highest BCUT2D eigenvalue weighted by Crippen LogP contribution is 2.28.